The average molecular weight is 469 g/mol. The molecular weight excluding hydrogens is 444 g/mol. The van der Waals surface area contributed by atoms with Crippen LogP contribution in [0.15, 0.2) is 89.8 Å². The Morgan fingerprint density at radius 3 is 2.18 bits per heavy atom. The summed E-state index contributed by atoms with van der Waals surface area (Å²) in [5.41, 5.74) is 0.742. The van der Waals surface area contributed by atoms with Crippen LogP contribution in [0.4, 0.5) is 17.1 Å². The number of nitrogens with one attached hydrogen (secondary N) is 1. The lowest BCUT2D eigenvalue weighted by atomic mass is 10.3. The van der Waals surface area contributed by atoms with E-state index in [1.165, 1.54) is 30.3 Å². The Labute approximate surface area is 192 Å². The number of hydrogen-bond donors (Lipinski definition) is 1. The number of amides is 1. The molecule has 3 rings (SSSR count). The van der Waals surface area contributed by atoms with Gasteiger partial charge in [0, 0.05) is 38.0 Å². The largest absolute Gasteiger partial charge is 0.373 e. The number of rotatable bonds is 10. The summed E-state index contributed by atoms with van der Waals surface area (Å²) < 4.78 is 27.4. The molecule has 0 saturated heterocycles. The smallest absolute Gasteiger partial charge is 0.271 e. The first kappa shape index (κ1) is 23.7. The van der Waals surface area contributed by atoms with E-state index in [1.54, 1.807) is 18.2 Å². The molecule has 0 fully saturated rings. The standard InChI is InChI=1S/C23H24N4O5S/c1-25(19-9-4-2-5-10-19)16-15-24-23(28)18-26(20-11-8-12-21(17-20)27(29)30)33(31,32)22-13-6-3-7-14-22/h2-14,17H,15-16,18H2,1H3,(H,24,28). The fourth-order valence-corrected chi connectivity index (χ4v) is 4.59. The van der Waals surface area contributed by atoms with Crippen LogP contribution in [-0.4, -0.2) is 45.9 Å². The van der Waals surface area contributed by atoms with E-state index in [1.807, 2.05) is 42.3 Å². The highest BCUT2D eigenvalue weighted by Gasteiger charge is 2.28. The molecule has 0 aliphatic carbocycles. The zero-order valence-electron chi connectivity index (χ0n) is 18.0. The number of non-ortho nitro benzene ring substituents is 1. The number of benzene rings is 3. The van der Waals surface area contributed by atoms with E-state index in [-0.39, 0.29) is 16.3 Å². The second kappa shape index (κ2) is 10.6. The van der Waals surface area contributed by atoms with Crippen LogP contribution in [0.1, 0.15) is 0 Å². The van der Waals surface area contributed by atoms with Crippen molar-refractivity contribution >= 4 is 33.0 Å². The van der Waals surface area contributed by atoms with E-state index < -0.39 is 27.4 Å². The summed E-state index contributed by atoms with van der Waals surface area (Å²) in [6.45, 7) is 0.282. The van der Waals surface area contributed by atoms with Crippen molar-refractivity contribution in [3.05, 3.63) is 95.0 Å². The van der Waals surface area contributed by atoms with Crippen molar-refractivity contribution in [1.29, 1.82) is 0 Å². The zero-order valence-corrected chi connectivity index (χ0v) is 18.8. The fourth-order valence-electron chi connectivity index (χ4n) is 3.16. The maximum atomic E-state index is 13.3. The summed E-state index contributed by atoms with van der Waals surface area (Å²) >= 11 is 0. The molecular formula is C23H24N4O5S. The number of nitrogens with zero attached hydrogens (tertiary/aromatic N) is 3. The van der Waals surface area contributed by atoms with Gasteiger partial charge in [-0.3, -0.25) is 19.2 Å². The minimum atomic E-state index is -4.14. The molecule has 10 heteroatoms. The molecule has 1 amide bonds. The predicted molar refractivity (Wildman–Crippen MR) is 127 cm³/mol. The quantitative estimate of drug-likeness (QED) is 0.361. The molecule has 172 valence electrons. The minimum absolute atomic E-state index is 0.0203. The summed E-state index contributed by atoms with van der Waals surface area (Å²) in [5, 5.41) is 13.9. The maximum absolute atomic E-state index is 13.3. The number of nitro benzene ring substituents is 1. The molecule has 0 unspecified atom stereocenters. The van der Waals surface area contributed by atoms with Gasteiger partial charge in [-0.2, -0.15) is 0 Å². The van der Waals surface area contributed by atoms with Crippen molar-refractivity contribution < 1.29 is 18.1 Å². The van der Waals surface area contributed by atoms with Crippen molar-refractivity contribution in [2.45, 2.75) is 4.90 Å². The van der Waals surface area contributed by atoms with E-state index in [0.29, 0.717) is 13.1 Å². The summed E-state index contributed by atoms with van der Waals surface area (Å²) in [5.74, 6) is -0.525. The van der Waals surface area contributed by atoms with Crippen LogP contribution in [0.2, 0.25) is 0 Å². The monoisotopic (exact) mass is 468 g/mol. The molecule has 9 nitrogen and oxygen atoms in total. The molecule has 0 spiro atoms. The summed E-state index contributed by atoms with van der Waals surface area (Å²) in [6.07, 6.45) is 0. The van der Waals surface area contributed by atoms with Crippen molar-refractivity contribution in [2.24, 2.45) is 0 Å². The molecule has 1 N–H and O–H groups in total. The van der Waals surface area contributed by atoms with Crippen molar-refractivity contribution in [3.8, 4) is 0 Å². The first-order valence-electron chi connectivity index (χ1n) is 10.1. The van der Waals surface area contributed by atoms with Gasteiger partial charge in [0.1, 0.15) is 6.54 Å². The normalized spacial score (nSPS) is 10.9. The number of para-hydroxylation sites is 1. The summed E-state index contributed by atoms with van der Waals surface area (Å²) in [6, 6.07) is 22.4. The van der Waals surface area contributed by atoms with Crippen LogP contribution in [-0.2, 0) is 14.8 Å². The molecule has 3 aromatic rings. The third kappa shape index (κ3) is 6.07. The van der Waals surface area contributed by atoms with Gasteiger partial charge >= 0.3 is 0 Å². The van der Waals surface area contributed by atoms with Crippen LogP contribution < -0.4 is 14.5 Å². The first-order valence-corrected chi connectivity index (χ1v) is 11.6. The SMILES string of the molecule is CN(CCNC(=O)CN(c1cccc([N+](=O)[O-])c1)S(=O)(=O)c1ccccc1)c1ccccc1. The van der Waals surface area contributed by atoms with Gasteiger partial charge in [0.2, 0.25) is 5.91 Å². The van der Waals surface area contributed by atoms with Crippen LogP contribution >= 0.6 is 0 Å². The number of anilines is 2. The Balaban J connectivity index is 1.77. The number of carbonyl (C=O) groups excluding carboxylic acids is 1. The van der Waals surface area contributed by atoms with Crippen LogP contribution in [0.5, 0.6) is 0 Å². The van der Waals surface area contributed by atoms with E-state index in [9.17, 15) is 23.3 Å². The van der Waals surface area contributed by atoms with E-state index in [4.69, 9.17) is 0 Å². The van der Waals surface area contributed by atoms with Crippen LogP contribution in [0.3, 0.4) is 0 Å². The Morgan fingerprint density at radius 2 is 1.55 bits per heavy atom. The minimum Gasteiger partial charge on any atom is -0.373 e. The van der Waals surface area contributed by atoms with Crippen LogP contribution in [0.25, 0.3) is 0 Å². The number of carbonyl (C=O) groups is 1. The molecule has 0 saturated carbocycles. The van der Waals surface area contributed by atoms with Crippen molar-refractivity contribution in [2.75, 3.05) is 35.9 Å². The van der Waals surface area contributed by atoms with Crippen molar-refractivity contribution in [3.63, 3.8) is 0 Å². The lowest BCUT2D eigenvalue weighted by molar-refractivity contribution is -0.384. The lowest BCUT2D eigenvalue weighted by Crippen LogP contribution is -2.42. The highest BCUT2D eigenvalue weighted by Crippen LogP contribution is 2.26. The number of likely N-dealkylation sites (N-methyl/N-ethyl adjacent to an activating group) is 1. The van der Waals surface area contributed by atoms with Gasteiger partial charge in [0.05, 0.1) is 15.5 Å². The van der Waals surface area contributed by atoms with E-state index in [0.717, 1.165) is 16.1 Å². The van der Waals surface area contributed by atoms with Gasteiger partial charge in [-0.15, -0.1) is 0 Å². The van der Waals surface area contributed by atoms with Gasteiger partial charge < -0.3 is 10.2 Å². The highest BCUT2D eigenvalue weighted by atomic mass is 32.2. The number of nitro groups is 1. The molecule has 0 aromatic heterocycles. The second-order valence-electron chi connectivity index (χ2n) is 7.21. The number of hydrogen-bond acceptors (Lipinski definition) is 6. The van der Waals surface area contributed by atoms with Crippen LogP contribution in [0, 0.1) is 10.1 Å². The highest BCUT2D eigenvalue weighted by molar-refractivity contribution is 7.92. The van der Waals surface area contributed by atoms with Gasteiger partial charge in [-0.25, -0.2) is 8.42 Å². The molecule has 3 aromatic carbocycles. The van der Waals surface area contributed by atoms with Gasteiger partial charge in [0.25, 0.3) is 15.7 Å². The maximum Gasteiger partial charge on any atom is 0.271 e. The molecule has 0 aliphatic heterocycles. The third-order valence-electron chi connectivity index (χ3n) is 4.91. The second-order valence-corrected chi connectivity index (χ2v) is 9.07. The average Bonchev–Trinajstić information content (AvgIpc) is 2.83. The number of sulfonamides is 1. The van der Waals surface area contributed by atoms with Gasteiger partial charge in [0.15, 0.2) is 0 Å². The Morgan fingerprint density at radius 1 is 0.939 bits per heavy atom. The zero-order chi connectivity index (χ0) is 23.8. The van der Waals surface area contributed by atoms with Gasteiger partial charge in [-0.05, 0) is 30.3 Å². The van der Waals surface area contributed by atoms with Crippen molar-refractivity contribution in [1.82, 2.24) is 5.32 Å². The van der Waals surface area contributed by atoms with E-state index >= 15 is 0 Å². The predicted octanol–water partition coefficient (Wildman–Crippen LogP) is 3.04. The van der Waals surface area contributed by atoms with Gasteiger partial charge in [-0.1, -0.05) is 42.5 Å². The topological polar surface area (TPSA) is 113 Å². The lowest BCUT2D eigenvalue weighted by Gasteiger charge is -2.24. The van der Waals surface area contributed by atoms with E-state index in [2.05, 4.69) is 5.32 Å². The molecule has 0 atom stereocenters. The first-order chi connectivity index (χ1) is 15.8. The molecule has 0 heterocycles. The molecule has 33 heavy (non-hydrogen) atoms. The summed E-state index contributed by atoms with van der Waals surface area (Å²) in [4.78, 5) is 25.2. The third-order valence-corrected chi connectivity index (χ3v) is 6.70. The molecule has 0 bridgehead atoms. The Kier molecular flexibility index (Phi) is 7.62. The Bertz CT molecular complexity index is 1200. The summed E-state index contributed by atoms with van der Waals surface area (Å²) in [7, 11) is -2.25. The molecule has 0 radical (unpaired) electrons. The molecule has 0 aliphatic rings. The fraction of sp³-hybridized carbons (Fsp3) is 0.174. The Hall–Kier alpha value is -3.92.